The van der Waals surface area contributed by atoms with E-state index < -0.39 is 16.8 Å². The molecule has 1 atom stereocenters. The fourth-order valence-electron chi connectivity index (χ4n) is 3.89. The molecule has 0 heterocycles. The first-order valence-corrected chi connectivity index (χ1v) is 12.0. The lowest BCUT2D eigenvalue weighted by molar-refractivity contribution is -0.145. The van der Waals surface area contributed by atoms with Crippen LogP contribution in [0, 0.1) is 0 Å². The van der Waals surface area contributed by atoms with E-state index in [1.165, 1.54) is 0 Å². The van der Waals surface area contributed by atoms with E-state index in [0.717, 1.165) is 22.3 Å². The van der Waals surface area contributed by atoms with Crippen molar-refractivity contribution in [1.29, 1.82) is 0 Å². The predicted molar refractivity (Wildman–Crippen MR) is 136 cm³/mol. The summed E-state index contributed by atoms with van der Waals surface area (Å²) in [6, 6.07) is 40.0. The largest absolute Gasteiger partial charge is 0.460 e. The number of nitrogens with two attached hydrogens (primary N) is 1. The molecular formula is C29H27NO2S. The van der Waals surface area contributed by atoms with Crippen molar-refractivity contribution in [2.45, 2.75) is 17.4 Å². The van der Waals surface area contributed by atoms with Crippen LogP contribution in [0.4, 0.5) is 0 Å². The van der Waals surface area contributed by atoms with Crippen LogP contribution in [0.15, 0.2) is 121 Å². The molecule has 0 aliphatic heterocycles. The highest BCUT2D eigenvalue weighted by molar-refractivity contribution is 8.00. The highest BCUT2D eigenvalue weighted by atomic mass is 32.2. The maximum absolute atomic E-state index is 12.7. The minimum Gasteiger partial charge on any atom is -0.460 e. The quantitative estimate of drug-likeness (QED) is 0.258. The second-order valence-electron chi connectivity index (χ2n) is 7.79. The summed E-state index contributed by atoms with van der Waals surface area (Å²) in [6.45, 7) is 0.221. The molecule has 0 saturated carbocycles. The molecule has 4 aromatic rings. The van der Waals surface area contributed by atoms with Crippen molar-refractivity contribution in [1.82, 2.24) is 0 Å². The number of hydrogen-bond acceptors (Lipinski definition) is 4. The Balaban J connectivity index is 1.62. The number of carbonyl (C=O) groups is 1. The molecule has 1 unspecified atom stereocenters. The van der Waals surface area contributed by atoms with Crippen LogP contribution in [0.25, 0.3) is 0 Å². The zero-order valence-corrected chi connectivity index (χ0v) is 19.2. The lowest BCUT2D eigenvalue weighted by Gasteiger charge is -2.36. The van der Waals surface area contributed by atoms with Crippen molar-refractivity contribution in [3.05, 3.63) is 144 Å². The van der Waals surface area contributed by atoms with Gasteiger partial charge in [-0.25, -0.2) is 0 Å². The first-order chi connectivity index (χ1) is 16.2. The summed E-state index contributed by atoms with van der Waals surface area (Å²) in [4.78, 5) is 12.7. The number of benzene rings is 4. The van der Waals surface area contributed by atoms with Gasteiger partial charge in [-0.3, -0.25) is 4.79 Å². The van der Waals surface area contributed by atoms with Gasteiger partial charge in [0.05, 0.1) is 4.75 Å². The highest BCUT2D eigenvalue weighted by Gasteiger charge is 2.37. The summed E-state index contributed by atoms with van der Waals surface area (Å²) in [5.74, 6) is 0.0150. The maximum atomic E-state index is 12.7. The minimum atomic E-state index is -0.741. The minimum absolute atomic E-state index is 0.221. The fraction of sp³-hybridized carbons (Fsp3) is 0.138. The molecule has 0 spiro atoms. The van der Waals surface area contributed by atoms with Gasteiger partial charge in [-0.2, -0.15) is 0 Å². The van der Waals surface area contributed by atoms with Crippen molar-refractivity contribution in [2.75, 3.05) is 5.75 Å². The van der Waals surface area contributed by atoms with Crippen molar-refractivity contribution in [2.24, 2.45) is 5.73 Å². The molecule has 0 aliphatic carbocycles. The lowest BCUT2D eigenvalue weighted by Crippen LogP contribution is -2.37. The van der Waals surface area contributed by atoms with Crippen molar-refractivity contribution < 1.29 is 9.53 Å². The van der Waals surface area contributed by atoms with E-state index in [0.29, 0.717) is 5.75 Å². The molecule has 0 radical (unpaired) electrons. The Hall–Kier alpha value is -3.34. The third kappa shape index (κ3) is 5.36. The van der Waals surface area contributed by atoms with Crippen LogP contribution in [0.5, 0.6) is 0 Å². The fourth-order valence-corrected chi connectivity index (χ4v) is 5.36. The zero-order chi connectivity index (χ0) is 22.9. The van der Waals surface area contributed by atoms with Gasteiger partial charge in [-0.05, 0) is 22.3 Å². The van der Waals surface area contributed by atoms with E-state index in [1.807, 2.05) is 84.9 Å². The number of ether oxygens (including phenoxy) is 1. The molecule has 0 fully saturated rings. The van der Waals surface area contributed by atoms with Gasteiger partial charge in [0.25, 0.3) is 0 Å². The normalized spacial score (nSPS) is 12.2. The molecule has 0 aliphatic rings. The Bertz CT molecular complexity index is 1040. The highest BCUT2D eigenvalue weighted by Crippen LogP contribution is 2.48. The molecular weight excluding hydrogens is 426 g/mol. The number of rotatable bonds is 9. The van der Waals surface area contributed by atoms with Crippen LogP contribution < -0.4 is 5.73 Å². The molecule has 4 rings (SSSR count). The van der Waals surface area contributed by atoms with Gasteiger partial charge in [-0.1, -0.05) is 121 Å². The summed E-state index contributed by atoms with van der Waals surface area (Å²) in [5.41, 5.74) is 10.7. The van der Waals surface area contributed by atoms with Crippen molar-refractivity contribution in [3.63, 3.8) is 0 Å². The summed E-state index contributed by atoms with van der Waals surface area (Å²) in [7, 11) is 0. The van der Waals surface area contributed by atoms with Crippen LogP contribution in [-0.4, -0.2) is 17.8 Å². The smallest absolute Gasteiger partial charge is 0.324 e. The molecule has 4 heteroatoms. The predicted octanol–water partition coefficient (Wildman–Crippen LogP) is 5.78. The molecule has 0 aromatic heterocycles. The summed E-state index contributed by atoms with van der Waals surface area (Å²) >= 11 is 1.66. The van der Waals surface area contributed by atoms with Crippen molar-refractivity contribution >= 4 is 17.7 Å². The number of thioether (sulfide) groups is 1. The Morgan fingerprint density at radius 2 is 1.09 bits per heavy atom. The van der Waals surface area contributed by atoms with Gasteiger partial charge in [0, 0.05) is 5.75 Å². The van der Waals surface area contributed by atoms with Gasteiger partial charge in [0.15, 0.2) is 0 Å². The van der Waals surface area contributed by atoms with E-state index in [4.69, 9.17) is 10.5 Å². The summed E-state index contributed by atoms with van der Waals surface area (Å²) < 4.78 is 4.98. The van der Waals surface area contributed by atoms with Gasteiger partial charge in [0.1, 0.15) is 12.6 Å². The van der Waals surface area contributed by atoms with E-state index >= 15 is 0 Å². The Morgan fingerprint density at radius 3 is 1.52 bits per heavy atom. The zero-order valence-electron chi connectivity index (χ0n) is 18.3. The van der Waals surface area contributed by atoms with Gasteiger partial charge >= 0.3 is 5.97 Å². The van der Waals surface area contributed by atoms with E-state index in [9.17, 15) is 4.79 Å². The number of esters is 1. The van der Waals surface area contributed by atoms with E-state index in [2.05, 4.69) is 36.4 Å². The Labute approximate surface area is 199 Å². The molecule has 4 aromatic carbocycles. The molecule has 0 bridgehead atoms. The standard InChI is InChI=1S/C29H27NO2S/c30-27(28(31)32-21-23-13-5-1-6-14-23)22-33-29(24-15-7-2-8-16-24,25-17-9-3-10-18-25)26-19-11-4-12-20-26/h1-20,27H,21-22,30H2. The molecule has 3 nitrogen and oxygen atoms in total. The topological polar surface area (TPSA) is 52.3 Å². The molecule has 0 amide bonds. The van der Waals surface area contributed by atoms with Gasteiger partial charge in [-0.15, -0.1) is 11.8 Å². The van der Waals surface area contributed by atoms with Crippen LogP contribution in [0.3, 0.4) is 0 Å². The van der Waals surface area contributed by atoms with Gasteiger partial charge in [0.2, 0.25) is 0 Å². The second kappa shape index (κ2) is 11.0. The SMILES string of the molecule is NC(CSC(c1ccccc1)(c1ccccc1)c1ccccc1)C(=O)OCc1ccccc1. The lowest BCUT2D eigenvalue weighted by atomic mass is 9.84. The monoisotopic (exact) mass is 453 g/mol. The van der Waals surface area contributed by atoms with Crippen LogP contribution in [0.1, 0.15) is 22.3 Å². The molecule has 166 valence electrons. The Kier molecular flexibility index (Phi) is 7.61. The maximum Gasteiger partial charge on any atom is 0.324 e. The first kappa shape index (κ1) is 22.8. The van der Waals surface area contributed by atoms with Crippen LogP contribution >= 0.6 is 11.8 Å². The average molecular weight is 454 g/mol. The number of hydrogen-bond donors (Lipinski definition) is 1. The first-order valence-electron chi connectivity index (χ1n) is 11.0. The van der Waals surface area contributed by atoms with Crippen molar-refractivity contribution in [3.8, 4) is 0 Å². The van der Waals surface area contributed by atoms with E-state index in [-0.39, 0.29) is 6.61 Å². The summed E-state index contributed by atoms with van der Waals surface area (Å²) in [5, 5.41) is 0. The summed E-state index contributed by atoms with van der Waals surface area (Å²) in [6.07, 6.45) is 0. The number of carbonyl (C=O) groups excluding carboxylic acids is 1. The molecule has 33 heavy (non-hydrogen) atoms. The van der Waals surface area contributed by atoms with Crippen LogP contribution in [-0.2, 0) is 20.9 Å². The molecule has 0 saturated heterocycles. The molecule has 2 N–H and O–H groups in total. The third-order valence-electron chi connectivity index (χ3n) is 5.55. The van der Waals surface area contributed by atoms with E-state index in [1.54, 1.807) is 11.8 Å². The second-order valence-corrected chi connectivity index (χ2v) is 9.02. The Morgan fingerprint density at radius 1 is 0.697 bits per heavy atom. The van der Waals surface area contributed by atoms with Crippen LogP contribution in [0.2, 0.25) is 0 Å². The van der Waals surface area contributed by atoms with Gasteiger partial charge < -0.3 is 10.5 Å². The average Bonchev–Trinajstić information content (AvgIpc) is 2.90. The third-order valence-corrected chi connectivity index (χ3v) is 7.21.